The van der Waals surface area contributed by atoms with Gasteiger partial charge >= 0.3 is 0 Å². The molecule has 1 unspecified atom stereocenters. The number of hydrogen-bond donors (Lipinski definition) is 3. The number of fused-ring (bicyclic) bond motifs is 1. The zero-order chi connectivity index (χ0) is 14.4. The maximum absolute atomic E-state index is 11.5. The van der Waals surface area contributed by atoms with Crippen molar-refractivity contribution in [1.29, 1.82) is 0 Å². The SMILES string of the molecule is NC(=O)c1ccn(-c2cc3c(cc2Cl)C(N)C(=O)N3)n1. The minimum Gasteiger partial charge on any atom is -0.364 e. The van der Waals surface area contributed by atoms with Crippen molar-refractivity contribution in [3.8, 4) is 5.69 Å². The van der Waals surface area contributed by atoms with E-state index in [-0.39, 0.29) is 11.6 Å². The maximum atomic E-state index is 11.5. The second-order valence-corrected chi connectivity index (χ2v) is 4.77. The zero-order valence-corrected chi connectivity index (χ0v) is 10.9. The summed E-state index contributed by atoms with van der Waals surface area (Å²) in [6, 6.07) is 4.02. The standard InChI is InChI=1S/C12H10ClN5O2/c13-6-3-5-8(16-12(20)10(5)14)4-9(6)18-2-1-7(17-18)11(15)19/h1-4,10H,14H2,(H2,15,19)(H,16,20). The van der Waals surface area contributed by atoms with Crippen LogP contribution in [-0.4, -0.2) is 21.6 Å². The Bertz CT molecular complexity index is 739. The van der Waals surface area contributed by atoms with E-state index >= 15 is 0 Å². The number of nitrogens with one attached hydrogen (secondary N) is 1. The van der Waals surface area contributed by atoms with Crippen molar-refractivity contribution in [2.75, 3.05) is 5.32 Å². The third kappa shape index (κ3) is 1.84. The van der Waals surface area contributed by atoms with Gasteiger partial charge in [-0.25, -0.2) is 4.68 Å². The number of primary amides is 1. The smallest absolute Gasteiger partial charge is 0.269 e. The Labute approximate surface area is 118 Å². The van der Waals surface area contributed by atoms with Crippen LogP contribution in [0.2, 0.25) is 5.02 Å². The number of aromatic nitrogens is 2. The fraction of sp³-hybridized carbons (Fsp3) is 0.0833. The van der Waals surface area contributed by atoms with Crippen molar-refractivity contribution in [2.45, 2.75) is 6.04 Å². The molecule has 3 rings (SSSR count). The van der Waals surface area contributed by atoms with Gasteiger partial charge in [-0.05, 0) is 18.2 Å². The zero-order valence-electron chi connectivity index (χ0n) is 10.1. The molecule has 0 radical (unpaired) electrons. The number of benzene rings is 1. The molecule has 0 aliphatic carbocycles. The molecule has 5 N–H and O–H groups in total. The largest absolute Gasteiger partial charge is 0.364 e. The molecule has 1 aliphatic heterocycles. The Hall–Kier alpha value is -2.38. The van der Waals surface area contributed by atoms with E-state index in [1.54, 1.807) is 18.3 Å². The molecular weight excluding hydrogens is 282 g/mol. The molecule has 1 aliphatic rings. The first-order valence-corrected chi connectivity index (χ1v) is 6.11. The monoisotopic (exact) mass is 291 g/mol. The lowest BCUT2D eigenvalue weighted by Gasteiger charge is -2.08. The molecule has 8 heteroatoms. The number of carbonyl (C=O) groups is 2. The first-order chi connectivity index (χ1) is 9.47. The van der Waals surface area contributed by atoms with Crippen LogP contribution in [0.3, 0.4) is 0 Å². The summed E-state index contributed by atoms with van der Waals surface area (Å²) in [7, 11) is 0. The number of hydrogen-bond acceptors (Lipinski definition) is 4. The summed E-state index contributed by atoms with van der Waals surface area (Å²) in [4.78, 5) is 22.6. The molecule has 1 aromatic carbocycles. The number of nitrogens with two attached hydrogens (primary N) is 2. The molecule has 2 aromatic rings. The quantitative estimate of drug-likeness (QED) is 0.750. The lowest BCUT2D eigenvalue weighted by atomic mass is 10.1. The van der Waals surface area contributed by atoms with Crippen molar-refractivity contribution in [3.63, 3.8) is 0 Å². The van der Waals surface area contributed by atoms with Crippen LogP contribution < -0.4 is 16.8 Å². The average molecular weight is 292 g/mol. The van der Waals surface area contributed by atoms with Gasteiger partial charge in [-0.2, -0.15) is 5.10 Å². The summed E-state index contributed by atoms with van der Waals surface area (Å²) in [5.41, 5.74) is 12.7. The fourth-order valence-corrected chi connectivity index (χ4v) is 2.32. The lowest BCUT2D eigenvalue weighted by molar-refractivity contribution is -0.116. The van der Waals surface area contributed by atoms with Crippen LogP contribution in [0.1, 0.15) is 22.1 Å². The van der Waals surface area contributed by atoms with Gasteiger partial charge in [-0.15, -0.1) is 0 Å². The van der Waals surface area contributed by atoms with Gasteiger partial charge in [0.25, 0.3) is 5.91 Å². The van der Waals surface area contributed by atoms with Crippen molar-refractivity contribution in [2.24, 2.45) is 11.5 Å². The van der Waals surface area contributed by atoms with E-state index in [4.69, 9.17) is 23.1 Å². The predicted octanol–water partition coefficient (Wildman–Crippen LogP) is 0.577. The molecule has 1 aromatic heterocycles. The Morgan fingerprint density at radius 3 is 2.85 bits per heavy atom. The van der Waals surface area contributed by atoms with Gasteiger partial charge in [-0.3, -0.25) is 9.59 Å². The van der Waals surface area contributed by atoms with E-state index in [1.807, 2.05) is 0 Å². The number of carbonyl (C=O) groups excluding carboxylic acids is 2. The Kier molecular flexibility index (Phi) is 2.73. The summed E-state index contributed by atoms with van der Waals surface area (Å²) in [5.74, 6) is -0.914. The van der Waals surface area contributed by atoms with Crippen LogP contribution in [0.25, 0.3) is 5.69 Å². The highest BCUT2D eigenvalue weighted by molar-refractivity contribution is 6.32. The van der Waals surface area contributed by atoms with E-state index < -0.39 is 11.9 Å². The average Bonchev–Trinajstić information content (AvgIpc) is 2.97. The van der Waals surface area contributed by atoms with E-state index in [0.29, 0.717) is 22.0 Å². The normalized spacial score (nSPS) is 16.9. The van der Waals surface area contributed by atoms with Crippen molar-refractivity contribution >= 4 is 29.1 Å². The van der Waals surface area contributed by atoms with Crippen LogP contribution >= 0.6 is 11.6 Å². The van der Waals surface area contributed by atoms with E-state index in [2.05, 4.69) is 10.4 Å². The van der Waals surface area contributed by atoms with Gasteiger partial charge < -0.3 is 16.8 Å². The molecule has 0 bridgehead atoms. The third-order valence-electron chi connectivity index (χ3n) is 3.08. The molecule has 102 valence electrons. The molecule has 1 atom stereocenters. The maximum Gasteiger partial charge on any atom is 0.269 e. The topological polar surface area (TPSA) is 116 Å². The van der Waals surface area contributed by atoms with Gasteiger partial charge in [0.15, 0.2) is 0 Å². The molecule has 7 nitrogen and oxygen atoms in total. The Balaban J connectivity index is 2.09. The third-order valence-corrected chi connectivity index (χ3v) is 3.39. The Morgan fingerprint density at radius 2 is 2.20 bits per heavy atom. The lowest BCUT2D eigenvalue weighted by Crippen LogP contribution is -2.19. The molecule has 2 heterocycles. The van der Waals surface area contributed by atoms with Crippen LogP contribution in [0.15, 0.2) is 24.4 Å². The highest BCUT2D eigenvalue weighted by atomic mass is 35.5. The molecule has 0 saturated carbocycles. The fourth-order valence-electron chi connectivity index (χ4n) is 2.06. The van der Waals surface area contributed by atoms with Gasteiger partial charge in [0.05, 0.1) is 10.7 Å². The highest BCUT2D eigenvalue weighted by Crippen LogP contribution is 2.35. The number of amides is 2. The summed E-state index contributed by atoms with van der Waals surface area (Å²) in [6.07, 6.45) is 1.56. The van der Waals surface area contributed by atoms with Gasteiger partial charge in [0, 0.05) is 17.4 Å². The van der Waals surface area contributed by atoms with Crippen LogP contribution in [-0.2, 0) is 4.79 Å². The highest BCUT2D eigenvalue weighted by Gasteiger charge is 2.28. The van der Waals surface area contributed by atoms with Gasteiger partial charge in [0.1, 0.15) is 11.7 Å². The second kappa shape index (κ2) is 4.32. The molecule has 20 heavy (non-hydrogen) atoms. The van der Waals surface area contributed by atoms with Crippen LogP contribution in [0.4, 0.5) is 5.69 Å². The number of halogens is 1. The molecule has 2 amide bonds. The number of rotatable bonds is 2. The van der Waals surface area contributed by atoms with Crippen LogP contribution in [0, 0.1) is 0 Å². The van der Waals surface area contributed by atoms with Gasteiger partial charge in [-0.1, -0.05) is 11.6 Å². The first-order valence-electron chi connectivity index (χ1n) is 5.73. The summed E-state index contributed by atoms with van der Waals surface area (Å²) in [6.45, 7) is 0. The summed E-state index contributed by atoms with van der Waals surface area (Å²) < 4.78 is 1.42. The second-order valence-electron chi connectivity index (χ2n) is 4.37. The Morgan fingerprint density at radius 1 is 1.45 bits per heavy atom. The molecule has 0 spiro atoms. The van der Waals surface area contributed by atoms with E-state index in [0.717, 1.165) is 0 Å². The van der Waals surface area contributed by atoms with E-state index in [1.165, 1.54) is 10.7 Å². The number of nitrogens with zero attached hydrogens (tertiary/aromatic N) is 2. The minimum absolute atomic E-state index is 0.127. The number of anilines is 1. The van der Waals surface area contributed by atoms with Crippen molar-refractivity contribution in [1.82, 2.24) is 9.78 Å². The van der Waals surface area contributed by atoms with Crippen molar-refractivity contribution in [3.05, 3.63) is 40.7 Å². The minimum atomic E-state index is -0.727. The summed E-state index contributed by atoms with van der Waals surface area (Å²) >= 11 is 6.17. The van der Waals surface area contributed by atoms with E-state index in [9.17, 15) is 9.59 Å². The first kappa shape index (κ1) is 12.6. The van der Waals surface area contributed by atoms with Crippen LogP contribution in [0.5, 0.6) is 0 Å². The van der Waals surface area contributed by atoms with Crippen molar-refractivity contribution < 1.29 is 9.59 Å². The summed E-state index contributed by atoms with van der Waals surface area (Å²) in [5, 5.41) is 7.05. The molecular formula is C12H10ClN5O2. The van der Waals surface area contributed by atoms with Gasteiger partial charge in [0.2, 0.25) is 5.91 Å². The predicted molar refractivity (Wildman–Crippen MR) is 72.7 cm³/mol. The molecule has 0 saturated heterocycles. The molecule has 0 fully saturated rings.